The maximum absolute atomic E-state index is 11.3. The van der Waals surface area contributed by atoms with Crippen LogP contribution in [0.1, 0.15) is 17.4 Å². The number of nitrogens with one attached hydrogen (secondary N) is 2. The molecule has 20 heavy (non-hydrogen) atoms. The Balaban J connectivity index is 2.62. The fraction of sp³-hybridized carbons (Fsp3) is 0.364. The van der Waals surface area contributed by atoms with E-state index in [4.69, 9.17) is 5.11 Å². The van der Waals surface area contributed by atoms with E-state index in [0.717, 1.165) is 11.8 Å². The zero-order valence-corrected chi connectivity index (χ0v) is 11.7. The highest BCUT2D eigenvalue weighted by Gasteiger charge is 2.19. The zero-order chi connectivity index (χ0) is 15.1. The van der Waals surface area contributed by atoms with Crippen LogP contribution in [0.25, 0.3) is 0 Å². The van der Waals surface area contributed by atoms with Gasteiger partial charge < -0.3 is 15.7 Å². The number of carbonyl (C=O) groups excluding carboxylic acids is 2. The third-order valence-corrected chi connectivity index (χ3v) is 3.19. The number of carboxylic acid groups (broad SMARTS) is 1. The van der Waals surface area contributed by atoms with Crippen molar-refractivity contribution in [1.29, 1.82) is 0 Å². The van der Waals surface area contributed by atoms with Crippen LogP contribution < -0.4 is 10.6 Å². The first-order valence-corrected chi connectivity index (χ1v) is 6.61. The van der Waals surface area contributed by atoms with Crippen molar-refractivity contribution in [2.24, 2.45) is 0 Å². The number of thioether (sulfide) groups is 1. The summed E-state index contributed by atoms with van der Waals surface area (Å²) < 4.78 is 0. The van der Waals surface area contributed by atoms with Crippen LogP contribution in [0, 0.1) is 0 Å². The summed E-state index contributed by atoms with van der Waals surface area (Å²) in [5.41, 5.74) is 0.175. The van der Waals surface area contributed by atoms with Gasteiger partial charge in [-0.2, -0.15) is 0 Å². The van der Waals surface area contributed by atoms with Crippen molar-refractivity contribution < 1.29 is 19.5 Å². The second-order valence-corrected chi connectivity index (χ2v) is 4.78. The van der Waals surface area contributed by atoms with Gasteiger partial charge in [0.25, 0.3) is 5.91 Å². The molecule has 0 aliphatic heterocycles. The summed E-state index contributed by atoms with van der Waals surface area (Å²) in [5.74, 6) is -1.78. The van der Waals surface area contributed by atoms with E-state index in [-0.39, 0.29) is 17.4 Å². The Bertz CT molecular complexity index is 506. The van der Waals surface area contributed by atoms with Gasteiger partial charge in [0.2, 0.25) is 5.91 Å². The Morgan fingerprint density at radius 3 is 2.50 bits per heavy atom. The second-order valence-electron chi connectivity index (χ2n) is 3.74. The number of amides is 2. The van der Waals surface area contributed by atoms with Crippen LogP contribution >= 0.6 is 11.8 Å². The van der Waals surface area contributed by atoms with Crippen molar-refractivity contribution in [3.05, 3.63) is 17.8 Å². The lowest BCUT2D eigenvalue weighted by atomic mass is 10.3. The van der Waals surface area contributed by atoms with Gasteiger partial charge in [0.05, 0.1) is 0 Å². The minimum absolute atomic E-state index is 0.114. The number of carboxylic acids is 1. The Morgan fingerprint density at radius 1 is 1.35 bits per heavy atom. The Hall–Kier alpha value is -2.16. The number of hydrogen-bond donors (Lipinski definition) is 3. The number of hydrogen-bond acceptors (Lipinski definition) is 6. The van der Waals surface area contributed by atoms with E-state index in [1.165, 1.54) is 20.0 Å². The van der Waals surface area contributed by atoms with Gasteiger partial charge in [-0.05, 0) is 12.1 Å². The maximum Gasteiger partial charge on any atom is 0.327 e. The van der Waals surface area contributed by atoms with E-state index in [9.17, 15) is 14.4 Å². The molecule has 0 spiro atoms. The first-order chi connectivity index (χ1) is 9.43. The number of nitrogens with zero attached hydrogens (tertiary/aromatic N) is 2. The third-order valence-electron chi connectivity index (χ3n) is 2.17. The molecule has 0 aliphatic rings. The quantitative estimate of drug-likeness (QED) is 0.606. The lowest BCUT2D eigenvalue weighted by molar-refractivity contribution is -0.140. The second kappa shape index (κ2) is 7.43. The molecular weight excluding hydrogens is 284 g/mol. The molecule has 1 heterocycles. The van der Waals surface area contributed by atoms with Gasteiger partial charge in [0, 0.05) is 19.7 Å². The highest BCUT2D eigenvalue weighted by Crippen LogP contribution is 2.15. The van der Waals surface area contributed by atoms with Gasteiger partial charge in [-0.3, -0.25) is 9.59 Å². The van der Waals surface area contributed by atoms with Crippen molar-refractivity contribution in [2.45, 2.75) is 18.0 Å². The third kappa shape index (κ3) is 4.84. The van der Waals surface area contributed by atoms with Crippen LogP contribution in [0.3, 0.4) is 0 Å². The fourth-order valence-corrected chi connectivity index (χ4v) is 2.06. The van der Waals surface area contributed by atoms with Crippen LogP contribution in [-0.2, 0) is 9.59 Å². The first-order valence-electron chi connectivity index (χ1n) is 5.62. The monoisotopic (exact) mass is 298 g/mol. The van der Waals surface area contributed by atoms with Crippen molar-refractivity contribution in [3.8, 4) is 0 Å². The van der Waals surface area contributed by atoms with Crippen molar-refractivity contribution in [2.75, 3.05) is 12.8 Å². The zero-order valence-electron chi connectivity index (χ0n) is 10.9. The summed E-state index contributed by atoms with van der Waals surface area (Å²) in [6, 6.07) is 2.05. The van der Waals surface area contributed by atoms with Gasteiger partial charge in [-0.25, -0.2) is 4.79 Å². The van der Waals surface area contributed by atoms with Crippen LogP contribution in [0.4, 0.5) is 0 Å². The molecule has 0 aliphatic carbocycles. The molecule has 1 aromatic rings. The predicted molar refractivity (Wildman–Crippen MR) is 71.4 cm³/mol. The first kappa shape index (κ1) is 15.9. The molecule has 0 bridgehead atoms. The van der Waals surface area contributed by atoms with Gasteiger partial charge >= 0.3 is 5.97 Å². The lowest BCUT2D eigenvalue weighted by Crippen LogP contribution is -2.41. The molecule has 0 aromatic carbocycles. The molecular formula is C11H14N4O4S. The van der Waals surface area contributed by atoms with E-state index < -0.39 is 17.9 Å². The molecule has 0 saturated heterocycles. The molecule has 9 heteroatoms. The van der Waals surface area contributed by atoms with Crippen LogP contribution in [0.2, 0.25) is 0 Å². The van der Waals surface area contributed by atoms with Gasteiger partial charge in [-0.1, -0.05) is 0 Å². The van der Waals surface area contributed by atoms with E-state index >= 15 is 0 Å². The highest BCUT2D eigenvalue weighted by atomic mass is 32.2. The van der Waals surface area contributed by atoms with Crippen molar-refractivity contribution >= 4 is 29.5 Å². The molecule has 8 nitrogen and oxygen atoms in total. The molecule has 1 aromatic heterocycles. The Kier molecular flexibility index (Phi) is 5.91. The number of rotatable bonds is 6. The SMILES string of the molecule is CNC(=O)c1ccc(SC[C@H](NC(C)=O)C(=O)O)nn1. The summed E-state index contributed by atoms with van der Waals surface area (Å²) in [6.45, 7) is 1.25. The minimum Gasteiger partial charge on any atom is -0.480 e. The smallest absolute Gasteiger partial charge is 0.327 e. The molecule has 1 atom stereocenters. The average molecular weight is 298 g/mol. The molecule has 0 radical (unpaired) electrons. The predicted octanol–water partition coefficient (Wildman–Crippen LogP) is -0.482. The Morgan fingerprint density at radius 2 is 2.05 bits per heavy atom. The van der Waals surface area contributed by atoms with Crippen LogP contribution in [0.15, 0.2) is 17.2 Å². The van der Waals surface area contributed by atoms with Crippen LogP contribution in [0.5, 0.6) is 0 Å². The molecule has 3 N–H and O–H groups in total. The lowest BCUT2D eigenvalue weighted by Gasteiger charge is -2.12. The standard InChI is InChI=1S/C11H14N4O4S/c1-6(16)13-8(11(18)19)5-20-9-4-3-7(14-15-9)10(17)12-2/h3-4,8H,5H2,1-2H3,(H,12,17)(H,13,16)(H,18,19)/t8-/m0/s1. The maximum atomic E-state index is 11.3. The fourth-order valence-electron chi connectivity index (χ4n) is 1.23. The molecule has 0 saturated carbocycles. The number of aliphatic carboxylic acids is 1. The highest BCUT2D eigenvalue weighted by molar-refractivity contribution is 7.99. The van der Waals surface area contributed by atoms with Crippen LogP contribution in [-0.4, -0.2) is 51.9 Å². The normalized spacial score (nSPS) is 11.5. The van der Waals surface area contributed by atoms with E-state index in [0.29, 0.717) is 5.03 Å². The van der Waals surface area contributed by atoms with Crippen molar-refractivity contribution in [3.63, 3.8) is 0 Å². The molecule has 2 amide bonds. The number of aromatic nitrogens is 2. The summed E-state index contributed by atoms with van der Waals surface area (Å²) >= 11 is 1.13. The van der Waals surface area contributed by atoms with Gasteiger partial charge in [0.1, 0.15) is 11.1 Å². The largest absolute Gasteiger partial charge is 0.480 e. The van der Waals surface area contributed by atoms with Gasteiger partial charge in [-0.15, -0.1) is 22.0 Å². The minimum atomic E-state index is -1.12. The molecule has 108 valence electrons. The van der Waals surface area contributed by atoms with E-state index in [1.54, 1.807) is 6.07 Å². The summed E-state index contributed by atoms with van der Waals surface area (Å²) in [5, 5.41) is 21.6. The van der Waals surface area contributed by atoms with Gasteiger partial charge in [0.15, 0.2) is 5.69 Å². The summed E-state index contributed by atoms with van der Waals surface area (Å²) in [6.07, 6.45) is 0. The average Bonchev–Trinajstić information content (AvgIpc) is 2.42. The van der Waals surface area contributed by atoms with E-state index in [1.807, 2.05) is 0 Å². The van der Waals surface area contributed by atoms with Crippen molar-refractivity contribution in [1.82, 2.24) is 20.8 Å². The summed E-state index contributed by atoms with van der Waals surface area (Å²) in [4.78, 5) is 33.0. The molecule has 1 rings (SSSR count). The molecule has 0 fully saturated rings. The molecule has 0 unspecified atom stereocenters. The van der Waals surface area contributed by atoms with E-state index in [2.05, 4.69) is 20.8 Å². The summed E-state index contributed by atoms with van der Waals surface area (Å²) in [7, 11) is 1.48. The number of carbonyl (C=O) groups is 3. The topological polar surface area (TPSA) is 121 Å². The Labute approximate surface area is 119 Å².